The van der Waals surface area contributed by atoms with E-state index in [0.717, 1.165) is 25.9 Å². The predicted octanol–water partition coefficient (Wildman–Crippen LogP) is 1.17. The molecule has 0 bridgehead atoms. The number of piperidine rings is 1. The van der Waals surface area contributed by atoms with E-state index in [-0.39, 0.29) is 12.1 Å². The van der Waals surface area contributed by atoms with Gasteiger partial charge in [-0.2, -0.15) is 0 Å². The molecule has 0 radical (unpaired) electrons. The van der Waals surface area contributed by atoms with Crippen LogP contribution in [0.1, 0.15) is 31.4 Å². The molecule has 0 spiro atoms. The maximum absolute atomic E-state index is 9.62. The molecule has 18 heavy (non-hydrogen) atoms. The Morgan fingerprint density at radius 2 is 2.00 bits per heavy atom. The smallest absolute Gasteiger partial charge is 0.0541 e. The monoisotopic (exact) mass is 249 g/mol. The summed E-state index contributed by atoms with van der Waals surface area (Å²) in [5, 5.41) is 9.62. The topological polar surface area (TPSA) is 62.4 Å². The molecule has 1 fully saturated rings. The van der Waals surface area contributed by atoms with Crippen molar-refractivity contribution in [2.75, 3.05) is 19.6 Å². The molecule has 1 saturated heterocycles. The lowest BCUT2D eigenvalue weighted by Gasteiger charge is -2.38. The quantitative estimate of drug-likeness (QED) is 0.841. The molecule has 2 atom stereocenters. The summed E-state index contributed by atoms with van der Waals surface area (Å²) in [4.78, 5) is 6.47. The zero-order valence-electron chi connectivity index (χ0n) is 11.0. The number of hydrogen-bond acceptors (Lipinski definition) is 4. The first-order valence-corrected chi connectivity index (χ1v) is 6.74. The Balaban J connectivity index is 1.99. The molecular formula is C14H23N3O. The Kier molecular flexibility index (Phi) is 4.69. The number of rotatable bonds is 4. The van der Waals surface area contributed by atoms with Crippen LogP contribution in [0.15, 0.2) is 24.5 Å². The van der Waals surface area contributed by atoms with Gasteiger partial charge in [-0.3, -0.25) is 9.88 Å². The summed E-state index contributed by atoms with van der Waals surface area (Å²) in [7, 11) is 0. The minimum atomic E-state index is -0.190. The van der Waals surface area contributed by atoms with Crippen LogP contribution in [-0.2, 0) is 0 Å². The van der Waals surface area contributed by atoms with Gasteiger partial charge in [0, 0.05) is 25.0 Å². The number of nitrogens with zero attached hydrogens (tertiary/aromatic N) is 2. The fourth-order valence-electron chi connectivity index (χ4n) is 2.80. The predicted molar refractivity (Wildman–Crippen MR) is 72.0 cm³/mol. The fraction of sp³-hybridized carbons (Fsp3) is 0.643. The number of pyridine rings is 1. The second-order valence-electron chi connectivity index (χ2n) is 5.15. The summed E-state index contributed by atoms with van der Waals surface area (Å²) in [6.07, 6.45) is 5.56. The number of aliphatic hydroxyl groups excluding tert-OH is 1. The van der Waals surface area contributed by atoms with Crippen molar-refractivity contribution < 1.29 is 5.11 Å². The van der Waals surface area contributed by atoms with Crippen LogP contribution in [-0.4, -0.2) is 40.7 Å². The van der Waals surface area contributed by atoms with Crippen LogP contribution in [0.5, 0.6) is 0 Å². The average Bonchev–Trinajstić information content (AvgIpc) is 2.41. The Labute approximate surface area is 109 Å². The first-order chi connectivity index (χ1) is 8.72. The number of aliphatic hydroxyl groups is 1. The standard InChI is InChI=1S/C14H23N3O/c1-11(18)12-4-8-17(9-5-12)14(10-15)13-2-6-16-7-3-13/h2-3,6-7,11-12,14,18H,4-5,8-10,15H2,1H3. The lowest BCUT2D eigenvalue weighted by molar-refractivity contribution is 0.0568. The Bertz CT molecular complexity index is 347. The van der Waals surface area contributed by atoms with Gasteiger partial charge in [0.25, 0.3) is 0 Å². The molecule has 0 amide bonds. The summed E-state index contributed by atoms with van der Waals surface area (Å²) in [5.74, 6) is 0.442. The van der Waals surface area contributed by atoms with E-state index in [1.165, 1.54) is 5.56 Å². The van der Waals surface area contributed by atoms with E-state index in [0.29, 0.717) is 12.5 Å². The second kappa shape index (κ2) is 6.27. The van der Waals surface area contributed by atoms with Crippen molar-refractivity contribution in [3.05, 3.63) is 30.1 Å². The maximum Gasteiger partial charge on any atom is 0.0541 e. The van der Waals surface area contributed by atoms with Crippen molar-refractivity contribution in [3.8, 4) is 0 Å². The van der Waals surface area contributed by atoms with Crippen molar-refractivity contribution in [3.63, 3.8) is 0 Å². The molecule has 1 aromatic rings. The molecule has 0 aliphatic carbocycles. The molecule has 2 heterocycles. The molecule has 4 heteroatoms. The van der Waals surface area contributed by atoms with Crippen LogP contribution in [0.25, 0.3) is 0 Å². The minimum absolute atomic E-state index is 0.190. The van der Waals surface area contributed by atoms with Gasteiger partial charge in [0.15, 0.2) is 0 Å². The van der Waals surface area contributed by atoms with Crippen molar-refractivity contribution in [1.82, 2.24) is 9.88 Å². The van der Waals surface area contributed by atoms with E-state index >= 15 is 0 Å². The molecule has 2 unspecified atom stereocenters. The lowest BCUT2D eigenvalue weighted by atomic mass is 9.90. The van der Waals surface area contributed by atoms with E-state index < -0.39 is 0 Å². The van der Waals surface area contributed by atoms with Gasteiger partial charge >= 0.3 is 0 Å². The largest absolute Gasteiger partial charge is 0.393 e. The van der Waals surface area contributed by atoms with Gasteiger partial charge in [-0.15, -0.1) is 0 Å². The summed E-state index contributed by atoms with van der Waals surface area (Å²) in [6, 6.07) is 4.36. The van der Waals surface area contributed by atoms with Gasteiger partial charge in [0.2, 0.25) is 0 Å². The van der Waals surface area contributed by atoms with Gasteiger partial charge in [-0.25, -0.2) is 0 Å². The molecule has 1 aliphatic heterocycles. The summed E-state index contributed by atoms with van der Waals surface area (Å²) < 4.78 is 0. The zero-order chi connectivity index (χ0) is 13.0. The van der Waals surface area contributed by atoms with Gasteiger partial charge in [-0.05, 0) is 56.5 Å². The highest BCUT2D eigenvalue weighted by Gasteiger charge is 2.27. The van der Waals surface area contributed by atoms with E-state index in [1.54, 1.807) is 0 Å². The molecule has 0 aromatic carbocycles. The van der Waals surface area contributed by atoms with Gasteiger partial charge in [0.05, 0.1) is 6.10 Å². The third-order valence-corrected chi connectivity index (χ3v) is 4.01. The normalized spacial score (nSPS) is 21.7. The maximum atomic E-state index is 9.62. The van der Waals surface area contributed by atoms with Gasteiger partial charge in [-0.1, -0.05) is 0 Å². The van der Waals surface area contributed by atoms with Crippen molar-refractivity contribution in [2.45, 2.75) is 31.9 Å². The highest BCUT2D eigenvalue weighted by Crippen LogP contribution is 2.27. The van der Waals surface area contributed by atoms with Crippen molar-refractivity contribution in [1.29, 1.82) is 0 Å². The van der Waals surface area contributed by atoms with Gasteiger partial charge < -0.3 is 10.8 Å². The van der Waals surface area contributed by atoms with E-state index in [2.05, 4.69) is 9.88 Å². The SMILES string of the molecule is CC(O)C1CCN(C(CN)c2ccncc2)CC1. The van der Waals surface area contributed by atoms with Crippen LogP contribution < -0.4 is 5.73 Å². The molecule has 1 aliphatic rings. The van der Waals surface area contributed by atoms with E-state index in [1.807, 2.05) is 31.5 Å². The third-order valence-electron chi connectivity index (χ3n) is 4.01. The second-order valence-corrected chi connectivity index (χ2v) is 5.15. The van der Waals surface area contributed by atoms with Crippen LogP contribution >= 0.6 is 0 Å². The molecule has 0 saturated carbocycles. The van der Waals surface area contributed by atoms with Crippen molar-refractivity contribution in [2.24, 2.45) is 11.7 Å². The van der Waals surface area contributed by atoms with E-state index in [9.17, 15) is 5.11 Å². The van der Waals surface area contributed by atoms with Gasteiger partial charge in [0.1, 0.15) is 0 Å². The lowest BCUT2D eigenvalue weighted by Crippen LogP contribution is -2.41. The fourth-order valence-corrected chi connectivity index (χ4v) is 2.80. The third kappa shape index (κ3) is 3.07. The number of hydrogen-bond donors (Lipinski definition) is 2. The van der Waals surface area contributed by atoms with Crippen LogP contribution in [0.3, 0.4) is 0 Å². The first kappa shape index (κ1) is 13.5. The Hall–Kier alpha value is -0.970. The molecule has 1 aromatic heterocycles. The summed E-state index contributed by atoms with van der Waals surface area (Å²) in [6.45, 7) is 4.55. The molecule has 4 nitrogen and oxygen atoms in total. The van der Waals surface area contributed by atoms with E-state index in [4.69, 9.17) is 5.73 Å². The number of aromatic nitrogens is 1. The molecule has 2 rings (SSSR count). The van der Waals surface area contributed by atoms with Crippen LogP contribution in [0, 0.1) is 5.92 Å². The van der Waals surface area contributed by atoms with Crippen LogP contribution in [0.4, 0.5) is 0 Å². The minimum Gasteiger partial charge on any atom is -0.393 e. The number of nitrogens with two attached hydrogens (primary N) is 1. The first-order valence-electron chi connectivity index (χ1n) is 6.74. The zero-order valence-corrected chi connectivity index (χ0v) is 11.0. The molecule has 100 valence electrons. The Morgan fingerprint density at radius 3 is 2.50 bits per heavy atom. The molecule has 3 N–H and O–H groups in total. The average molecular weight is 249 g/mol. The summed E-state index contributed by atoms with van der Waals surface area (Å²) >= 11 is 0. The highest BCUT2D eigenvalue weighted by molar-refractivity contribution is 5.15. The number of likely N-dealkylation sites (tertiary alicyclic amines) is 1. The highest BCUT2D eigenvalue weighted by atomic mass is 16.3. The summed E-state index contributed by atoms with van der Waals surface area (Å²) in [5.41, 5.74) is 7.16. The van der Waals surface area contributed by atoms with Crippen LogP contribution in [0.2, 0.25) is 0 Å². The molecular weight excluding hydrogens is 226 g/mol. The Morgan fingerprint density at radius 1 is 1.39 bits per heavy atom. The van der Waals surface area contributed by atoms with Crippen molar-refractivity contribution >= 4 is 0 Å².